The van der Waals surface area contributed by atoms with Crippen molar-refractivity contribution in [3.63, 3.8) is 0 Å². The summed E-state index contributed by atoms with van der Waals surface area (Å²) < 4.78 is 45.7. The van der Waals surface area contributed by atoms with Gasteiger partial charge in [-0.05, 0) is 47.4 Å². The number of aryl methyl sites for hydroxylation is 1. The summed E-state index contributed by atoms with van der Waals surface area (Å²) in [6.07, 6.45) is -4.40. The molecule has 0 aliphatic rings. The van der Waals surface area contributed by atoms with Crippen LogP contribution in [0.2, 0.25) is 0 Å². The zero-order chi connectivity index (χ0) is 25.0. The molecule has 0 bridgehead atoms. The van der Waals surface area contributed by atoms with Crippen LogP contribution in [0, 0.1) is 6.92 Å². The zero-order valence-corrected chi connectivity index (χ0v) is 20.0. The Balaban J connectivity index is 0.00000361. The topological polar surface area (TPSA) is 88.2 Å². The molecule has 0 radical (unpaired) electrons. The first-order valence-electron chi connectivity index (χ1n) is 10.9. The molecule has 36 heavy (non-hydrogen) atoms. The lowest BCUT2D eigenvalue weighted by Gasteiger charge is -2.14. The maximum atomic E-state index is 13.4. The lowest BCUT2D eigenvalue weighted by Crippen LogP contribution is -2.17. The van der Waals surface area contributed by atoms with Crippen molar-refractivity contribution in [3.05, 3.63) is 83.4 Å². The Morgan fingerprint density at radius 3 is 2.36 bits per heavy atom. The number of carboxylic acid groups (broad SMARTS) is 1. The molecule has 10 heteroatoms. The van der Waals surface area contributed by atoms with Crippen LogP contribution in [-0.4, -0.2) is 27.8 Å². The van der Waals surface area contributed by atoms with E-state index < -0.39 is 17.7 Å². The highest BCUT2D eigenvalue weighted by Crippen LogP contribution is 2.38. The van der Waals surface area contributed by atoms with Crippen LogP contribution >= 0.6 is 12.4 Å². The van der Waals surface area contributed by atoms with Crippen molar-refractivity contribution >= 4 is 18.4 Å². The SMILES string of the molecule is Cc1cc(-c2nc(-c3ccc(CNCCC(=O)O)cc3)no2)ccc1-c1ccccc1C(F)(F)F.Cl. The van der Waals surface area contributed by atoms with Gasteiger partial charge in [-0.25, -0.2) is 0 Å². The minimum Gasteiger partial charge on any atom is -0.481 e. The Hall–Kier alpha value is -3.69. The molecule has 2 N–H and O–H groups in total. The van der Waals surface area contributed by atoms with Gasteiger partial charge >= 0.3 is 12.1 Å². The lowest BCUT2D eigenvalue weighted by molar-refractivity contribution is -0.137. The molecule has 0 unspecified atom stereocenters. The molecule has 188 valence electrons. The molecule has 0 saturated carbocycles. The molecule has 4 aromatic rings. The quantitative estimate of drug-likeness (QED) is 0.263. The first-order chi connectivity index (χ1) is 16.7. The van der Waals surface area contributed by atoms with Crippen molar-refractivity contribution < 1.29 is 27.6 Å². The molecule has 4 rings (SSSR count). The predicted molar refractivity (Wildman–Crippen MR) is 132 cm³/mol. The summed E-state index contributed by atoms with van der Waals surface area (Å²) in [6.45, 7) is 2.66. The van der Waals surface area contributed by atoms with Crippen LogP contribution in [0.15, 0.2) is 71.3 Å². The Labute approximate surface area is 211 Å². The normalized spacial score (nSPS) is 11.2. The summed E-state index contributed by atoms with van der Waals surface area (Å²) in [7, 11) is 0. The highest BCUT2D eigenvalue weighted by atomic mass is 35.5. The molecular formula is C26H23ClF3N3O3. The van der Waals surface area contributed by atoms with Crippen LogP contribution in [0.25, 0.3) is 34.0 Å². The summed E-state index contributed by atoms with van der Waals surface area (Å²) >= 11 is 0. The highest BCUT2D eigenvalue weighted by Gasteiger charge is 2.33. The zero-order valence-electron chi connectivity index (χ0n) is 19.2. The average Bonchev–Trinajstić information content (AvgIpc) is 3.32. The summed E-state index contributed by atoms with van der Waals surface area (Å²) in [6, 6.07) is 18.0. The van der Waals surface area contributed by atoms with Gasteiger partial charge in [0.1, 0.15) is 0 Å². The molecule has 0 aliphatic heterocycles. The van der Waals surface area contributed by atoms with E-state index in [0.29, 0.717) is 35.6 Å². The standard InChI is InChI=1S/C26H22F3N3O3.ClH/c1-16-14-19(10-11-20(16)21-4-2-3-5-22(21)26(27,28)29)25-31-24(32-35-25)18-8-6-17(7-9-18)15-30-13-12-23(33)34;/h2-11,14,30H,12-13,15H2,1H3,(H,33,34);1H. The second kappa shape index (κ2) is 11.4. The Kier molecular flexibility index (Phi) is 8.49. The number of hydrogen-bond donors (Lipinski definition) is 2. The van der Waals surface area contributed by atoms with Crippen LogP contribution in [0.5, 0.6) is 0 Å². The van der Waals surface area contributed by atoms with E-state index in [1.165, 1.54) is 12.1 Å². The molecule has 0 spiro atoms. The molecular weight excluding hydrogens is 495 g/mol. The van der Waals surface area contributed by atoms with Gasteiger partial charge in [0.15, 0.2) is 0 Å². The van der Waals surface area contributed by atoms with Gasteiger partial charge in [0, 0.05) is 24.2 Å². The van der Waals surface area contributed by atoms with Gasteiger partial charge in [0.2, 0.25) is 5.82 Å². The van der Waals surface area contributed by atoms with Crippen molar-refractivity contribution in [1.82, 2.24) is 15.5 Å². The summed E-state index contributed by atoms with van der Waals surface area (Å²) in [5.41, 5.74) is 2.89. The van der Waals surface area contributed by atoms with Gasteiger partial charge in [-0.3, -0.25) is 4.79 Å². The molecule has 1 aromatic heterocycles. The minimum absolute atomic E-state index is 0. The molecule has 0 fully saturated rings. The summed E-state index contributed by atoms with van der Waals surface area (Å²) in [5.74, 6) is -0.204. The molecule has 0 aliphatic carbocycles. The van der Waals surface area contributed by atoms with Crippen molar-refractivity contribution in [3.8, 4) is 34.0 Å². The number of rotatable bonds is 8. The second-order valence-electron chi connectivity index (χ2n) is 8.01. The predicted octanol–water partition coefficient (Wildman–Crippen LogP) is 6.38. The van der Waals surface area contributed by atoms with Crippen LogP contribution in [0.1, 0.15) is 23.1 Å². The van der Waals surface area contributed by atoms with E-state index >= 15 is 0 Å². The molecule has 3 aromatic carbocycles. The Morgan fingerprint density at radius 1 is 1.00 bits per heavy atom. The Bertz CT molecular complexity index is 1340. The van der Waals surface area contributed by atoms with Gasteiger partial charge in [-0.1, -0.05) is 53.7 Å². The third-order valence-electron chi connectivity index (χ3n) is 5.48. The van der Waals surface area contributed by atoms with Crippen LogP contribution in [0.4, 0.5) is 13.2 Å². The van der Waals surface area contributed by atoms with Gasteiger partial charge in [-0.2, -0.15) is 18.2 Å². The molecule has 0 amide bonds. The maximum Gasteiger partial charge on any atom is 0.417 e. The Morgan fingerprint density at radius 2 is 1.69 bits per heavy atom. The monoisotopic (exact) mass is 517 g/mol. The van der Waals surface area contributed by atoms with Gasteiger partial charge in [0.05, 0.1) is 12.0 Å². The van der Waals surface area contributed by atoms with E-state index in [-0.39, 0.29) is 30.3 Å². The fourth-order valence-corrected chi connectivity index (χ4v) is 3.72. The third kappa shape index (κ3) is 6.30. The summed E-state index contributed by atoms with van der Waals surface area (Å²) in [4.78, 5) is 15.0. The van der Waals surface area contributed by atoms with E-state index in [1.54, 1.807) is 31.2 Å². The van der Waals surface area contributed by atoms with Crippen molar-refractivity contribution in [2.24, 2.45) is 0 Å². The van der Waals surface area contributed by atoms with Crippen molar-refractivity contribution in [2.75, 3.05) is 6.54 Å². The van der Waals surface area contributed by atoms with E-state index in [9.17, 15) is 18.0 Å². The number of halogens is 4. The second-order valence-corrected chi connectivity index (χ2v) is 8.01. The molecule has 6 nitrogen and oxygen atoms in total. The highest BCUT2D eigenvalue weighted by molar-refractivity contribution is 5.85. The number of aliphatic carboxylic acids is 1. The number of benzene rings is 3. The first-order valence-corrected chi connectivity index (χ1v) is 10.9. The van der Waals surface area contributed by atoms with Gasteiger partial charge in [0.25, 0.3) is 5.89 Å². The number of carbonyl (C=O) groups is 1. The number of nitrogens with one attached hydrogen (secondary N) is 1. The van der Waals surface area contributed by atoms with E-state index in [4.69, 9.17) is 9.63 Å². The third-order valence-corrected chi connectivity index (χ3v) is 5.48. The summed E-state index contributed by atoms with van der Waals surface area (Å²) in [5, 5.41) is 15.8. The van der Waals surface area contributed by atoms with Crippen molar-refractivity contribution in [2.45, 2.75) is 26.1 Å². The van der Waals surface area contributed by atoms with Gasteiger partial charge in [-0.15, -0.1) is 12.4 Å². The number of carboxylic acids is 1. The first kappa shape index (κ1) is 26.9. The fourth-order valence-electron chi connectivity index (χ4n) is 3.72. The van der Waals surface area contributed by atoms with Crippen LogP contribution in [0.3, 0.4) is 0 Å². The molecule has 0 saturated heterocycles. The van der Waals surface area contributed by atoms with E-state index in [0.717, 1.165) is 17.2 Å². The average molecular weight is 518 g/mol. The minimum atomic E-state index is -4.45. The number of nitrogens with zero attached hydrogens (tertiary/aromatic N) is 2. The maximum absolute atomic E-state index is 13.4. The van der Waals surface area contributed by atoms with Crippen LogP contribution < -0.4 is 5.32 Å². The number of hydrogen-bond acceptors (Lipinski definition) is 5. The fraction of sp³-hybridized carbons (Fsp3) is 0.192. The smallest absolute Gasteiger partial charge is 0.417 e. The van der Waals surface area contributed by atoms with E-state index in [2.05, 4.69) is 15.5 Å². The molecule has 0 atom stereocenters. The molecule has 1 heterocycles. The number of aromatic nitrogens is 2. The van der Waals surface area contributed by atoms with Crippen molar-refractivity contribution in [1.29, 1.82) is 0 Å². The number of alkyl halides is 3. The van der Waals surface area contributed by atoms with Gasteiger partial charge < -0.3 is 14.9 Å². The lowest BCUT2D eigenvalue weighted by atomic mass is 9.94. The largest absolute Gasteiger partial charge is 0.481 e. The van der Waals surface area contributed by atoms with Crippen LogP contribution in [-0.2, 0) is 17.5 Å². The van der Waals surface area contributed by atoms with E-state index in [1.807, 2.05) is 24.3 Å².